The van der Waals surface area contributed by atoms with E-state index in [0.29, 0.717) is 11.5 Å². The summed E-state index contributed by atoms with van der Waals surface area (Å²) in [6.07, 6.45) is 17.2. The van der Waals surface area contributed by atoms with E-state index in [1.807, 2.05) is 79.2 Å². The molecule has 3 N–H and O–H groups in total. The number of hydrogen-bond donors (Lipinski definition) is 2. The van der Waals surface area contributed by atoms with Crippen LogP contribution in [0.1, 0.15) is 22.3 Å². The van der Waals surface area contributed by atoms with E-state index in [1.54, 1.807) is 18.6 Å². The lowest BCUT2D eigenvalue weighted by atomic mass is 10.1. The normalized spacial score (nSPS) is 11.2. The van der Waals surface area contributed by atoms with Crippen LogP contribution in [-0.2, 0) is 0 Å². The highest BCUT2D eigenvalue weighted by atomic mass is 15.0. The van der Waals surface area contributed by atoms with Crippen molar-refractivity contribution >= 4 is 41.5 Å². The Labute approximate surface area is 175 Å². The highest BCUT2D eigenvalue weighted by molar-refractivity contribution is 5.75. The van der Waals surface area contributed by atoms with Gasteiger partial charge in [-0.1, -0.05) is 36.4 Å². The van der Waals surface area contributed by atoms with E-state index >= 15 is 0 Å². The molecule has 5 nitrogen and oxygen atoms in total. The Morgan fingerprint density at radius 1 is 0.667 bits per heavy atom. The molecular formula is C25H21N5. The lowest BCUT2D eigenvalue weighted by molar-refractivity contribution is 1.30. The molecule has 3 aromatic heterocycles. The maximum atomic E-state index is 5.96. The second-order valence-corrected chi connectivity index (χ2v) is 6.69. The third-order valence-electron chi connectivity index (χ3n) is 4.41. The van der Waals surface area contributed by atoms with Gasteiger partial charge in [-0.3, -0.25) is 9.97 Å². The monoisotopic (exact) mass is 391 g/mol. The van der Waals surface area contributed by atoms with Gasteiger partial charge in [0, 0.05) is 36.7 Å². The van der Waals surface area contributed by atoms with E-state index in [0.717, 1.165) is 27.9 Å². The summed E-state index contributed by atoms with van der Waals surface area (Å²) in [7, 11) is 0. The molecule has 4 rings (SSSR count). The molecule has 146 valence electrons. The van der Waals surface area contributed by atoms with Crippen LogP contribution >= 0.6 is 0 Å². The van der Waals surface area contributed by atoms with Crippen LogP contribution in [0.3, 0.4) is 0 Å². The molecule has 4 aromatic rings. The Kier molecular flexibility index (Phi) is 5.91. The molecule has 0 fully saturated rings. The van der Waals surface area contributed by atoms with Gasteiger partial charge in [-0.15, -0.1) is 0 Å². The lowest BCUT2D eigenvalue weighted by Gasteiger charge is -2.08. The molecule has 0 spiro atoms. The summed E-state index contributed by atoms with van der Waals surface area (Å²) in [4.78, 5) is 12.6. The molecule has 0 aliphatic heterocycles. The minimum atomic E-state index is 0.612. The van der Waals surface area contributed by atoms with Gasteiger partial charge in [-0.2, -0.15) is 0 Å². The Bertz CT molecular complexity index is 1180. The zero-order valence-corrected chi connectivity index (χ0v) is 16.3. The van der Waals surface area contributed by atoms with Gasteiger partial charge in [-0.25, -0.2) is 4.98 Å². The molecule has 1 aromatic carbocycles. The van der Waals surface area contributed by atoms with Crippen molar-refractivity contribution in [3.8, 4) is 0 Å². The highest BCUT2D eigenvalue weighted by Gasteiger charge is 2.00. The number of aromatic nitrogens is 3. The fraction of sp³-hybridized carbons (Fsp3) is 0. The van der Waals surface area contributed by atoms with Crippen LogP contribution < -0.4 is 11.1 Å². The molecule has 0 aliphatic rings. The summed E-state index contributed by atoms with van der Waals surface area (Å²) in [5.74, 6) is 0.650. The Balaban J connectivity index is 1.47. The summed E-state index contributed by atoms with van der Waals surface area (Å²) in [5.41, 5.74) is 11.7. The molecule has 0 atom stereocenters. The number of nitrogens with zero attached hydrogens (tertiary/aromatic N) is 3. The average Bonchev–Trinajstić information content (AvgIpc) is 2.79. The van der Waals surface area contributed by atoms with Gasteiger partial charge in [0.2, 0.25) is 0 Å². The topological polar surface area (TPSA) is 76.7 Å². The molecular weight excluding hydrogens is 370 g/mol. The first-order valence-corrected chi connectivity index (χ1v) is 9.55. The van der Waals surface area contributed by atoms with Crippen LogP contribution in [0, 0.1) is 0 Å². The SMILES string of the molecule is Nc1cccnc1Nc1cccc(C=Cc2cncc(C=Cc3ccncc3)c2)c1. The minimum Gasteiger partial charge on any atom is -0.396 e. The number of hydrogen-bond acceptors (Lipinski definition) is 5. The van der Waals surface area contributed by atoms with Crippen molar-refractivity contribution in [2.45, 2.75) is 0 Å². The van der Waals surface area contributed by atoms with E-state index in [4.69, 9.17) is 5.73 Å². The molecule has 0 radical (unpaired) electrons. The maximum absolute atomic E-state index is 5.96. The van der Waals surface area contributed by atoms with Crippen LogP contribution in [0.2, 0.25) is 0 Å². The zero-order valence-electron chi connectivity index (χ0n) is 16.3. The Morgan fingerprint density at radius 3 is 2.17 bits per heavy atom. The predicted molar refractivity (Wildman–Crippen MR) is 125 cm³/mol. The fourth-order valence-electron chi connectivity index (χ4n) is 2.90. The van der Waals surface area contributed by atoms with Gasteiger partial charge in [0.15, 0.2) is 5.82 Å². The summed E-state index contributed by atoms with van der Waals surface area (Å²) in [5, 5.41) is 3.26. The van der Waals surface area contributed by atoms with Crippen LogP contribution in [-0.4, -0.2) is 15.0 Å². The highest BCUT2D eigenvalue weighted by Crippen LogP contribution is 2.21. The van der Waals surface area contributed by atoms with E-state index in [2.05, 4.69) is 32.4 Å². The lowest BCUT2D eigenvalue weighted by Crippen LogP contribution is -1.98. The van der Waals surface area contributed by atoms with Gasteiger partial charge < -0.3 is 11.1 Å². The molecule has 5 heteroatoms. The second-order valence-electron chi connectivity index (χ2n) is 6.69. The van der Waals surface area contributed by atoms with E-state index in [-0.39, 0.29) is 0 Å². The van der Waals surface area contributed by atoms with Gasteiger partial charge in [0.25, 0.3) is 0 Å². The van der Waals surface area contributed by atoms with Gasteiger partial charge in [-0.05, 0) is 64.7 Å². The van der Waals surface area contributed by atoms with E-state index in [1.165, 1.54) is 0 Å². The first kappa shape index (κ1) is 19.1. The van der Waals surface area contributed by atoms with Crippen LogP contribution in [0.4, 0.5) is 17.2 Å². The van der Waals surface area contributed by atoms with E-state index in [9.17, 15) is 0 Å². The number of anilines is 3. The minimum absolute atomic E-state index is 0.612. The van der Waals surface area contributed by atoms with Crippen molar-refractivity contribution in [3.05, 3.63) is 108 Å². The van der Waals surface area contributed by atoms with Crippen molar-refractivity contribution in [1.29, 1.82) is 0 Å². The fourth-order valence-corrected chi connectivity index (χ4v) is 2.90. The zero-order chi connectivity index (χ0) is 20.6. The van der Waals surface area contributed by atoms with Crippen molar-refractivity contribution in [2.24, 2.45) is 0 Å². The Morgan fingerprint density at radius 2 is 1.40 bits per heavy atom. The number of nitrogen functional groups attached to an aromatic ring is 1. The number of nitrogens with one attached hydrogen (secondary N) is 1. The quantitative estimate of drug-likeness (QED) is 0.451. The summed E-state index contributed by atoms with van der Waals surface area (Å²) in [6.45, 7) is 0. The third kappa shape index (κ3) is 5.17. The van der Waals surface area contributed by atoms with Crippen LogP contribution in [0.25, 0.3) is 24.3 Å². The summed E-state index contributed by atoms with van der Waals surface area (Å²) in [6, 6.07) is 17.7. The molecule has 0 amide bonds. The number of pyridine rings is 3. The van der Waals surface area contributed by atoms with Gasteiger partial charge >= 0.3 is 0 Å². The van der Waals surface area contributed by atoms with Crippen molar-refractivity contribution in [2.75, 3.05) is 11.1 Å². The molecule has 0 saturated heterocycles. The van der Waals surface area contributed by atoms with E-state index < -0.39 is 0 Å². The smallest absolute Gasteiger partial charge is 0.153 e. The molecule has 0 saturated carbocycles. The first-order valence-electron chi connectivity index (χ1n) is 9.55. The Hall–Kier alpha value is -4.25. The van der Waals surface area contributed by atoms with Gasteiger partial charge in [0.1, 0.15) is 0 Å². The molecule has 0 aliphatic carbocycles. The van der Waals surface area contributed by atoms with Crippen molar-refractivity contribution < 1.29 is 0 Å². The van der Waals surface area contributed by atoms with Crippen molar-refractivity contribution in [1.82, 2.24) is 15.0 Å². The predicted octanol–water partition coefficient (Wildman–Crippen LogP) is 5.54. The number of benzene rings is 1. The first-order chi connectivity index (χ1) is 14.8. The number of nitrogens with two attached hydrogens (primary N) is 1. The second kappa shape index (κ2) is 9.30. The summed E-state index contributed by atoms with van der Waals surface area (Å²) >= 11 is 0. The van der Waals surface area contributed by atoms with Gasteiger partial charge in [0.05, 0.1) is 5.69 Å². The average molecular weight is 391 g/mol. The van der Waals surface area contributed by atoms with Crippen molar-refractivity contribution in [3.63, 3.8) is 0 Å². The molecule has 0 unspecified atom stereocenters. The standard InChI is InChI=1S/C25H21N5/c26-24-5-2-12-29-25(24)30-23-4-1-3-20(16-23)7-9-22-15-21(17-28-18-22)8-6-19-10-13-27-14-11-19/h1-18H,26H2,(H,29,30). The van der Waals surface area contributed by atoms with Crippen LogP contribution in [0.15, 0.2) is 85.6 Å². The number of rotatable bonds is 6. The molecule has 3 heterocycles. The largest absolute Gasteiger partial charge is 0.396 e. The molecule has 0 bridgehead atoms. The third-order valence-corrected chi connectivity index (χ3v) is 4.41. The van der Waals surface area contributed by atoms with Crippen LogP contribution in [0.5, 0.6) is 0 Å². The molecule has 30 heavy (non-hydrogen) atoms. The maximum Gasteiger partial charge on any atom is 0.153 e. The summed E-state index contributed by atoms with van der Waals surface area (Å²) < 4.78 is 0.